The van der Waals surface area contributed by atoms with E-state index in [1.165, 1.54) is 32.1 Å². The minimum Gasteiger partial charge on any atom is -0.465 e. The second kappa shape index (κ2) is 5.45. The van der Waals surface area contributed by atoms with Gasteiger partial charge in [-0.15, -0.1) is 0 Å². The van der Waals surface area contributed by atoms with Crippen molar-refractivity contribution in [3.8, 4) is 0 Å². The molecule has 2 N–H and O–H groups in total. The topological polar surface area (TPSA) is 37.2 Å². The molecular weight excluding hydrogens is 224 g/mol. The number of aryl methyl sites for hydroxylation is 1. The highest BCUT2D eigenvalue weighted by Gasteiger charge is 2.32. The van der Waals surface area contributed by atoms with E-state index in [0.717, 1.165) is 42.6 Å². The van der Waals surface area contributed by atoms with Crippen molar-refractivity contribution < 1.29 is 4.42 Å². The predicted octanol–water partition coefficient (Wildman–Crippen LogP) is 2.60. The Bertz CT molecular complexity index is 376. The lowest BCUT2D eigenvalue weighted by Crippen LogP contribution is -2.38. The fourth-order valence-electron chi connectivity index (χ4n) is 3.51. The number of fused-ring (bicyclic) bond motifs is 2. The Morgan fingerprint density at radius 3 is 2.72 bits per heavy atom. The van der Waals surface area contributed by atoms with Crippen LogP contribution in [0.3, 0.4) is 0 Å². The summed E-state index contributed by atoms with van der Waals surface area (Å²) in [5.74, 6) is 2.98. The first-order valence-electron chi connectivity index (χ1n) is 7.31. The van der Waals surface area contributed by atoms with Crippen LogP contribution in [0.5, 0.6) is 0 Å². The quantitative estimate of drug-likeness (QED) is 0.787. The van der Waals surface area contributed by atoms with Gasteiger partial charge in [0.2, 0.25) is 0 Å². The molecule has 0 aliphatic carbocycles. The van der Waals surface area contributed by atoms with E-state index in [9.17, 15) is 0 Å². The molecule has 1 aromatic rings. The number of piperidine rings is 1. The van der Waals surface area contributed by atoms with Crippen LogP contribution in [-0.2, 0) is 6.54 Å². The van der Waals surface area contributed by atoms with E-state index in [1.54, 1.807) is 0 Å². The van der Waals surface area contributed by atoms with Crippen molar-refractivity contribution in [2.45, 2.75) is 57.7 Å². The van der Waals surface area contributed by atoms with E-state index in [-0.39, 0.29) is 0 Å². The molecule has 0 saturated carbocycles. The highest BCUT2D eigenvalue weighted by molar-refractivity contribution is 5.05. The SMILES string of the molecule is Cc1ccc(CNCCC2CC3CCC(C2)N3)o1. The minimum atomic E-state index is 0.821. The predicted molar refractivity (Wildman–Crippen MR) is 72.4 cm³/mol. The zero-order valence-corrected chi connectivity index (χ0v) is 11.2. The molecule has 3 rings (SSSR count). The van der Waals surface area contributed by atoms with Crippen LogP contribution in [0.1, 0.15) is 43.6 Å². The Balaban J connectivity index is 1.35. The van der Waals surface area contributed by atoms with E-state index in [4.69, 9.17) is 4.42 Å². The largest absolute Gasteiger partial charge is 0.465 e. The highest BCUT2D eigenvalue weighted by atomic mass is 16.3. The average molecular weight is 248 g/mol. The Morgan fingerprint density at radius 1 is 1.28 bits per heavy atom. The minimum absolute atomic E-state index is 0.821. The second-order valence-corrected chi connectivity index (χ2v) is 5.95. The molecule has 2 bridgehead atoms. The summed E-state index contributed by atoms with van der Waals surface area (Å²) in [4.78, 5) is 0. The van der Waals surface area contributed by atoms with E-state index in [1.807, 2.05) is 13.0 Å². The third-order valence-corrected chi connectivity index (χ3v) is 4.40. The maximum Gasteiger partial charge on any atom is 0.117 e. The highest BCUT2D eigenvalue weighted by Crippen LogP contribution is 2.32. The maximum absolute atomic E-state index is 5.55. The molecule has 0 radical (unpaired) electrons. The monoisotopic (exact) mass is 248 g/mol. The molecule has 3 heteroatoms. The van der Waals surface area contributed by atoms with Crippen molar-refractivity contribution in [2.75, 3.05) is 6.54 Å². The molecule has 2 atom stereocenters. The van der Waals surface area contributed by atoms with Crippen molar-refractivity contribution in [3.63, 3.8) is 0 Å². The van der Waals surface area contributed by atoms with Crippen LogP contribution < -0.4 is 10.6 Å². The number of furan rings is 1. The third-order valence-electron chi connectivity index (χ3n) is 4.40. The summed E-state index contributed by atoms with van der Waals surface area (Å²) in [6.45, 7) is 3.98. The molecule has 0 aromatic carbocycles. The lowest BCUT2D eigenvalue weighted by Gasteiger charge is -2.29. The fraction of sp³-hybridized carbons (Fsp3) is 0.733. The normalized spacial score (nSPS) is 30.8. The van der Waals surface area contributed by atoms with Crippen LogP contribution in [0.2, 0.25) is 0 Å². The van der Waals surface area contributed by atoms with Gasteiger partial charge in [0.15, 0.2) is 0 Å². The molecule has 100 valence electrons. The summed E-state index contributed by atoms with van der Waals surface area (Å²) in [7, 11) is 0. The fourth-order valence-corrected chi connectivity index (χ4v) is 3.51. The second-order valence-electron chi connectivity index (χ2n) is 5.95. The van der Waals surface area contributed by atoms with Gasteiger partial charge in [-0.3, -0.25) is 0 Å². The first-order valence-corrected chi connectivity index (χ1v) is 7.31. The third kappa shape index (κ3) is 2.96. The van der Waals surface area contributed by atoms with Gasteiger partial charge in [0.05, 0.1) is 6.54 Å². The van der Waals surface area contributed by atoms with Crippen LogP contribution in [-0.4, -0.2) is 18.6 Å². The first-order chi connectivity index (χ1) is 8.79. The Morgan fingerprint density at radius 2 is 2.06 bits per heavy atom. The number of nitrogens with one attached hydrogen (secondary N) is 2. The van der Waals surface area contributed by atoms with E-state index >= 15 is 0 Å². The van der Waals surface area contributed by atoms with Gasteiger partial charge in [-0.05, 0) is 63.6 Å². The summed E-state index contributed by atoms with van der Waals surface area (Å²) in [6.07, 6.45) is 6.89. The van der Waals surface area contributed by atoms with Gasteiger partial charge in [-0.2, -0.15) is 0 Å². The van der Waals surface area contributed by atoms with Gasteiger partial charge in [-0.1, -0.05) is 0 Å². The molecule has 2 unspecified atom stereocenters. The van der Waals surface area contributed by atoms with Gasteiger partial charge in [0.1, 0.15) is 11.5 Å². The molecule has 2 saturated heterocycles. The van der Waals surface area contributed by atoms with Crippen molar-refractivity contribution in [2.24, 2.45) is 5.92 Å². The smallest absolute Gasteiger partial charge is 0.117 e. The lowest BCUT2D eigenvalue weighted by atomic mass is 9.90. The van der Waals surface area contributed by atoms with Crippen LogP contribution in [0.25, 0.3) is 0 Å². The molecule has 0 amide bonds. The molecule has 3 nitrogen and oxygen atoms in total. The van der Waals surface area contributed by atoms with Crippen molar-refractivity contribution in [1.82, 2.24) is 10.6 Å². The van der Waals surface area contributed by atoms with Crippen molar-refractivity contribution in [3.05, 3.63) is 23.7 Å². The molecular formula is C15H24N2O. The van der Waals surface area contributed by atoms with E-state index < -0.39 is 0 Å². The number of hydrogen-bond acceptors (Lipinski definition) is 3. The zero-order chi connectivity index (χ0) is 12.4. The molecule has 2 aliphatic heterocycles. The average Bonchev–Trinajstić information content (AvgIpc) is 2.91. The van der Waals surface area contributed by atoms with Crippen LogP contribution >= 0.6 is 0 Å². The van der Waals surface area contributed by atoms with Gasteiger partial charge < -0.3 is 15.1 Å². The molecule has 1 aromatic heterocycles. The summed E-state index contributed by atoms with van der Waals surface area (Å²) < 4.78 is 5.55. The molecule has 2 fully saturated rings. The standard InChI is InChI=1S/C15H24N2O/c1-11-2-5-15(18-11)10-16-7-6-12-8-13-3-4-14(9-12)17-13/h2,5,12-14,16-17H,3-4,6-10H2,1H3. The van der Waals surface area contributed by atoms with Crippen LogP contribution in [0, 0.1) is 12.8 Å². The van der Waals surface area contributed by atoms with Crippen molar-refractivity contribution in [1.29, 1.82) is 0 Å². The van der Waals surface area contributed by atoms with Gasteiger partial charge in [0.25, 0.3) is 0 Å². The van der Waals surface area contributed by atoms with Crippen LogP contribution in [0.4, 0.5) is 0 Å². The number of rotatable bonds is 5. The maximum atomic E-state index is 5.55. The van der Waals surface area contributed by atoms with Gasteiger partial charge in [0, 0.05) is 12.1 Å². The number of hydrogen-bond donors (Lipinski definition) is 2. The molecule has 18 heavy (non-hydrogen) atoms. The van der Waals surface area contributed by atoms with E-state index in [2.05, 4.69) is 16.7 Å². The summed E-state index contributed by atoms with van der Waals surface area (Å²) in [5.41, 5.74) is 0. The lowest BCUT2D eigenvalue weighted by molar-refractivity contribution is 0.282. The van der Waals surface area contributed by atoms with Crippen molar-refractivity contribution >= 4 is 0 Å². The Labute approximate surface area is 109 Å². The van der Waals surface area contributed by atoms with Gasteiger partial charge in [-0.25, -0.2) is 0 Å². The summed E-state index contributed by atoms with van der Waals surface area (Å²) in [5, 5.41) is 7.20. The van der Waals surface area contributed by atoms with E-state index in [0.29, 0.717) is 0 Å². The van der Waals surface area contributed by atoms with Gasteiger partial charge >= 0.3 is 0 Å². The van der Waals surface area contributed by atoms with Crippen LogP contribution in [0.15, 0.2) is 16.5 Å². The summed E-state index contributed by atoms with van der Waals surface area (Å²) in [6, 6.07) is 5.73. The molecule has 0 spiro atoms. The first kappa shape index (κ1) is 12.2. The Hall–Kier alpha value is -0.800. The molecule has 2 aliphatic rings. The zero-order valence-electron chi connectivity index (χ0n) is 11.2. The summed E-state index contributed by atoms with van der Waals surface area (Å²) >= 11 is 0. The Kier molecular flexibility index (Phi) is 3.71. The molecule has 3 heterocycles.